The molecule has 6 atom stereocenters. The van der Waals surface area contributed by atoms with E-state index in [0.717, 1.165) is 15.4 Å². The lowest BCUT2D eigenvalue weighted by Crippen LogP contribution is -2.43. The number of hydrogen-bond acceptors (Lipinski definition) is 8. The summed E-state index contributed by atoms with van der Waals surface area (Å²) in [6, 6.07) is 4.76. The molecule has 41 heavy (non-hydrogen) atoms. The number of benzene rings is 1. The van der Waals surface area contributed by atoms with Gasteiger partial charge in [-0.3, -0.25) is 38.6 Å². The number of likely N-dealkylation sites (tertiary alicyclic amines) is 2. The van der Waals surface area contributed by atoms with E-state index in [4.69, 9.17) is 14.9 Å². The van der Waals surface area contributed by atoms with Crippen molar-refractivity contribution in [1.29, 1.82) is 0 Å². The molecule has 12 heteroatoms. The summed E-state index contributed by atoms with van der Waals surface area (Å²) < 4.78 is 5.17. The number of nitrogens with zero attached hydrogens (tertiary/aromatic N) is 2. The Morgan fingerprint density at radius 3 is 2.00 bits per heavy atom. The lowest BCUT2D eigenvalue weighted by atomic mass is 9.57. The maximum Gasteiger partial charge on any atom is 0.303 e. The molecule has 5 rings (SSSR count). The fourth-order valence-electron chi connectivity index (χ4n) is 7.21. The van der Waals surface area contributed by atoms with E-state index >= 15 is 0 Å². The molecule has 4 amide bonds. The minimum Gasteiger partial charge on any atom is -0.504 e. The van der Waals surface area contributed by atoms with Crippen LogP contribution >= 0.6 is 0 Å². The lowest BCUT2D eigenvalue weighted by Gasteiger charge is -2.44. The Labute approximate surface area is 235 Å². The number of ether oxygens (including phenoxy) is 1. The van der Waals surface area contributed by atoms with Gasteiger partial charge in [0.05, 0.1) is 30.8 Å². The summed E-state index contributed by atoms with van der Waals surface area (Å²) in [7, 11) is 1.41. The smallest absolute Gasteiger partial charge is 0.303 e. The van der Waals surface area contributed by atoms with Crippen LogP contribution in [0.3, 0.4) is 0 Å². The minimum atomic E-state index is -1.03. The number of carbonyl (C=O) groups is 6. The summed E-state index contributed by atoms with van der Waals surface area (Å²) in [5.74, 6) is -7.71. The molecule has 0 aromatic heterocycles. The second kappa shape index (κ2) is 11.0. The maximum absolute atomic E-state index is 13.7. The number of rotatable bonds is 10. The van der Waals surface area contributed by atoms with Crippen LogP contribution < -0.4 is 4.74 Å². The first kappa shape index (κ1) is 28.3. The van der Waals surface area contributed by atoms with Crippen LogP contribution in [0.4, 0.5) is 0 Å². The van der Waals surface area contributed by atoms with Crippen LogP contribution in [0.5, 0.6) is 11.5 Å². The highest BCUT2D eigenvalue weighted by molar-refractivity contribution is 6.08. The number of carboxylic acid groups (broad SMARTS) is 2. The van der Waals surface area contributed by atoms with Gasteiger partial charge in [-0.1, -0.05) is 17.7 Å². The Morgan fingerprint density at radius 1 is 0.854 bits per heavy atom. The van der Waals surface area contributed by atoms with Crippen LogP contribution in [0.15, 0.2) is 29.8 Å². The predicted octanol–water partition coefficient (Wildman–Crippen LogP) is 1.77. The molecule has 1 saturated carbocycles. The van der Waals surface area contributed by atoms with E-state index in [0.29, 0.717) is 5.56 Å². The van der Waals surface area contributed by atoms with E-state index in [1.54, 1.807) is 12.1 Å². The maximum atomic E-state index is 13.7. The molecule has 2 saturated heterocycles. The zero-order chi connectivity index (χ0) is 29.6. The van der Waals surface area contributed by atoms with Crippen LogP contribution in [-0.4, -0.2) is 80.9 Å². The number of aromatic hydroxyl groups is 1. The summed E-state index contributed by atoms with van der Waals surface area (Å²) in [6.45, 7) is -0.0439. The predicted molar refractivity (Wildman–Crippen MR) is 139 cm³/mol. The molecule has 4 aliphatic rings. The van der Waals surface area contributed by atoms with Crippen molar-refractivity contribution in [2.75, 3.05) is 20.2 Å². The van der Waals surface area contributed by atoms with Gasteiger partial charge in [-0.25, -0.2) is 0 Å². The Balaban J connectivity index is 1.52. The van der Waals surface area contributed by atoms with Crippen molar-refractivity contribution in [3.63, 3.8) is 0 Å². The van der Waals surface area contributed by atoms with Gasteiger partial charge in [-0.05, 0) is 49.3 Å². The van der Waals surface area contributed by atoms with Crippen molar-refractivity contribution in [2.24, 2.45) is 29.6 Å². The Bertz CT molecular complexity index is 1350. The number of carboxylic acids is 2. The van der Waals surface area contributed by atoms with Gasteiger partial charge >= 0.3 is 11.9 Å². The quantitative estimate of drug-likeness (QED) is 0.278. The molecule has 2 aliphatic heterocycles. The molecule has 3 N–H and O–H groups in total. The first-order valence-electron chi connectivity index (χ1n) is 13.8. The van der Waals surface area contributed by atoms with Gasteiger partial charge < -0.3 is 20.1 Å². The lowest BCUT2D eigenvalue weighted by molar-refractivity contribution is -0.143. The molecule has 2 aliphatic carbocycles. The number of hydrogen-bond donors (Lipinski definition) is 3. The Hall–Kier alpha value is -4.22. The van der Waals surface area contributed by atoms with E-state index < -0.39 is 65.2 Å². The van der Waals surface area contributed by atoms with Crippen LogP contribution in [0.1, 0.15) is 50.0 Å². The number of imide groups is 2. The molecule has 3 fully saturated rings. The normalized spacial score (nSPS) is 28.8. The third-order valence-electron chi connectivity index (χ3n) is 8.94. The summed E-state index contributed by atoms with van der Waals surface area (Å²) in [4.78, 5) is 78.5. The largest absolute Gasteiger partial charge is 0.504 e. The van der Waals surface area contributed by atoms with Crippen molar-refractivity contribution < 1.29 is 48.8 Å². The van der Waals surface area contributed by atoms with E-state index in [2.05, 4.69) is 0 Å². The molecule has 0 radical (unpaired) electrons. The SMILES string of the molecule is COc1ccc([C@H]2C3=CC[C@@H]4C(=O)N(CCCC(=O)O)C(=O)[C@@H]4[C@@H]3C[C@H]3C(=O)N(CCCC(=O)O)C(=O)[C@@H]23)cc1O. The van der Waals surface area contributed by atoms with Gasteiger partial charge in [-0.15, -0.1) is 0 Å². The van der Waals surface area contributed by atoms with Crippen LogP contribution in [-0.2, 0) is 28.8 Å². The monoisotopic (exact) mass is 568 g/mol. The van der Waals surface area contributed by atoms with Gasteiger partial charge in [0, 0.05) is 31.8 Å². The van der Waals surface area contributed by atoms with Crippen LogP contribution in [0.2, 0.25) is 0 Å². The molecule has 0 unspecified atom stereocenters. The van der Waals surface area contributed by atoms with E-state index in [9.17, 15) is 33.9 Å². The van der Waals surface area contributed by atoms with E-state index in [1.807, 2.05) is 6.08 Å². The van der Waals surface area contributed by atoms with Crippen LogP contribution in [0, 0.1) is 29.6 Å². The van der Waals surface area contributed by atoms with Gasteiger partial charge in [0.2, 0.25) is 23.6 Å². The highest BCUT2D eigenvalue weighted by Gasteiger charge is 2.61. The standard InChI is InChI=1S/C29H32N2O10/c1-41-20-9-6-14(12-19(20)32)23-15-7-8-16-24(28(39)30(26(16)37)10-2-4-21(33)34)17(15)13-18-25(23)29(40)31(27(18)38)11-3-5-22(35)36/h6-7,9,12,16-18,23-25,32H,2-5,8,10-11,13H2,1H3,(H,33,34)(H,35,36)/t16-,17+,18+,23-,24-,25+/m0/s1. The van der Waals surface area contributed by atoms with Crippen molar-refractivity contribution in [2.45, 2.75) is 44.4 Å². The topological polar surface area (TPSA) is 179 Å². The fourth-order valence-corrected chi connectivity index (χ4v) is 7.21. The van der Waals surface area contributed by atoms with E-state index in [1.165, 1.54) is 13.2 Å². The van der Waals surface area contributed by atoms with Crippen LogP contribution in [0.25, 0.3) is 0 Å². The molecule has 218 valence electrons. The van der Waals surface area contributed by atoms with Gasteiger partial charge in [0.15, 0.2) is 11.5 Å². The molecular formula is C29H32N2O10. The average Bonchev–Trinajstić information content (AvgIpc) is 3.31. The summed E-state index contributed by atoms with van der Waals surface area (Å²) >= 11 is 0. The van der Waals surface area contributed by atoms with Gasteiger partial charge in [0.1, 0.15) is 0 Å². The van der Waals surface area contributed by atoms with Crippen molar-refractivity contribution in [1.82, 2.24) is 9.80 Å². The fraction of sp³-hybridized carbons (Fsp3) is 0.517. The zero-order valence-corrected chi connectivity index (χ0v) is 22.5. The number of fused-ring (bicyclic) bond motifs is 4. The molecule has 1 aromatic rings. The van der Waals surface area contributed by atoms with Crippen molar-refractivity contribution in [3.05, 3.63) is 35.4 Å². The Kier molecular flexibility index (Phi) is 7.58. The molecule has 1 aromatic carbocycles. The summed E-state index contributed by atoms with van der Waals surface area (Å²) in [5, 5.41) is 28.6. The van der Waals surface area contributed by atoms with Crippen molar-refractivity contribution >= 4 is 35.6 Å². The first-order chi connectivity index (χ1) is 19.5. The second-order valence-corrected chi connectivity index (χ2v) is 11.1. The molecule has 0 spiro atoms. The number of allylic oxidation sites excluding steroid dienone is 2. The number of amides is 4. The second-order valence-electron chi connectivity index (χ2n) is 11.1. The molecule has 12 nitrogen and oxygen atoms in total. The third-order valence-corrected chi connectivity index (χ3v) is 8.94. The zero-order valence-electron chi connectivity index (χ0n) is 22.5. The van der Waals surface area contributed by atoms with E-state index in [-0.39, 0.29) is 69.0 Å². The number of phenols is 1. The minimum absolute atomic E-state index is 0.00434. The average molecular weight is 569 g/mol. The Morgan fingerprint density at radius 2 is 1.44 bits per heavy atom. The first-order valence-corrected chi connectivity index (χ1v) is 13.8. The molecule has 2 heterocycles. The number of phenolic OH excluding ortho intramolecular Hbond substituents is 1. The van der Waals surface area contributed by atoms with Gasteiger partial charge in [0.25, 0.3) is 0 Å². The van der Waals surface area contributed by atoms with Crippen molar-refractivity contribution in [3.8, 4) is 11.5 Å². The van der Waals surface area contributed by atoms with Gasteiger partial charge in [-0.2, -0.15) is 0 Å². The number of carbonyl (C=O) groups excluding carboxylic acids is 4. The highest BCUT2D eigenvalue weighted by atomic mass is 16.5. The molecule has 0 bridgehead atoms. The molecular weight excluding hydrogens is 536 g/mol. The summed E-state index contributed by atoms with van der Waals surface area (Å²) in [6.07, 6.45) is 2.18. The highest BCUT2D eigenvalue weighted by Crippen LogP contribution is 2.58. The summed E-state index contributed by atoms with van der Waals surface area (Å²) in [5.41, 5.74) is 1.33. The number of aliphatic carboxylic acids is 2. The number of methoxy groups -OCH3 is 1. The third kappa shape index (κ3) is 4.85.